The summed E-state index contributed by atoms with van der Waals surface area (Å²) in [5.74, 6) is 0.647. The minimum atomic E-state index is -0.911. The molecule has 2 bridgehead atoms. The van der Waals surface area contributed by atoms with Crippen molar-refractivity contribution in [2.45, 2.75) is 95.9 Å². The molecular formula is C45H65N5O7. The molecule has 57 heavy (non-hydrogen) atoms. The van der Waals surface area contributed by atoms with E-state index in [1.165, 1.54) is 6.42 Å². The van der Waals surface area contributed by atoms with Gasteiger partial charge in [-0.15, -0.1) is 0 Å². The number of aliphatic hydroxyl groups excluding tert-OH is 3. The van der Waals surface area contributed by atoms with Crippen molar-refractivity contribution >= 4 is 11.8 Å². The lowest BCUT2D eigenvalue weighted by molar-refractivity contribution is -0.183. The molecule has 0 radical (unpaired) electrons. The molecule has 12 nitrogen and oxygen atoms in total. The number of allylic oxidation sites excluding steroid dienone is 2. The summed E-state index contributed by atoms with van der Waals surface area (Å²) in [5, 5.41) is 40.8. The highest BCUT2D eigenvalue weighted by Crippen LogP contribution is 2.61. The second-order valence-corrected chi connectivity index (χ2v) is 17.9. The number of amides is 2. The van der Waals surface area contributed by atoms with Gasteiger partial charge in [0.1, 0.15) is 24.0 Å². The minimum Gasteiger partial charge on any atom is -0.496 e. The normalized spacial score (nSPS) is 29.7. The fourth-order valence-electron chi connectivity index (χ4n) is 10.1. The Balaban J connectivity index is 1.27. The van der Waals surface area contributed by atoms with Gasteiger partial charge in [-0.1, -0.05) is 75.4 Å². The maximum atomic E-state index is 14.3. The lowest BCUT2D eigenvalue weighted by Gasteiger charge is -2.62. The molecule has 7 rings (SSSR count). The van der Waals surface area contributed by atoms with Crippen LogP contribution in [0.25, 0.3) is 0 Å². The molecule has 11 atom stereocenters. The van der Waals surface area contributed by atoms with Crippen LogP contribution < -0.4 is 15.4 Å². The first-order valence-electron chi connectivity index (χ1n) is 20.5. The van der Waals surface area contributed by atoms with Crippen LogP contribution in [0.3, 0.4) is 0 Å². The van der Waals surface area contributed by atoms with Crippen molar-refractivity contribution in [3.8, 4) is 5.75 Å². The summed E-state index contributed by atoms with van der Waals surface area (Å²) in [6, 6.07) is 13.8. The predicted molar refractivity (Wildman–Crippen MR) is 220 cm³/mol. The van der Waals surface area contributed by atoms with Gasteiger partial charge < -0.3 is 40.5 Å². The number of aliphatic hydroxyl groups is 3. The van der Waals surface area contributed by atoms with Gasteiger partial charge in [0, 0.05) is 60.9 Å². The molecule has 0 aromatic heterocycles. The van der Waals surface area contributed by atoms with E-state index in [1.807, 2.05) is 98.7 Å². The third-order valence-electron chi connectivity index (χ3n) is 13.5. The van der Waals surface area contributed by atoms with Crippen molar-refractivity contribution in [1.29, 1.82) is 0 Å². The van der Waals surface area contributed by atoms with E-state index in [9.17, 15) is 24.9 Å². The van der Waals surface area contributed by atoms with E-state index in [1.54, 1.807) is 19.1 Å². The molecule has 4 fully saturated rings. The number of para-hydroxylation sites is 1. The fraction of sp³-hybridized carbons (Fsp3) is 0.600. The van der Waals surface area contributed by atoms with E-state index < -0.39 is 36.3 Å². The van der Waals surface area contributed by atoms with Crippen molar-refractivity contribution < 1.29 is 34.5 Å². The molecule has 1 aliphatic heterocycles. The Bertz CT molecular complexity index is 1790. The standard InChI is InChI=1S/C45H65N5O7/c1-26-35-21-32(45(35,3)4)22-36(26)46-44(55)40-39(27(2)52)38(25-51)57-50(40)23-29-16-13-17-34(42(29)56-9)30-18-31(20-33(19-30)49(7)8)43(54)47-37(24-48(5)6)41(53)28-14-11-10-12-15-28/h10-18,20,26-27,30,32,35-41,51-53H,19,21-25H2,1-9H3,(H,46,55)(H,47,54)/t26-,27-,30?,32+,35-,36-,37-,38-,39+,40-,41-/m0/s1. The quantitative estimate of drug-likeness (QED) is 0.180. The molecule has 12 heteroatoms. The largest absolute Gasteiger partial charge is 0.496 e. The Labute approximate surface area is 338 Å². The Kier molecular flexibility index (Phi) is 13.2. The minimum absolute atomic E-state index is 0.0278. The number of nitrogens with zero attached hydrogens (tertiary/aromatic N) is 3. The van der Waals surface area contributed by atoms with Gasteiger partial charge in [0.2, 0.25) is 5.91 Å². The number of nitrogens with one attached hydrogen (secondary N) is 2. The van der Waals surface area contributed by atoms with E-state index in [0.717, 1.165) is 28.8 Å². The Morgan fingerprint density at radius 2 is 1.77 bits per heavy atom. The molecular weight excluding hydrogens is 723 g/mol. The SMILES string of the molecule is COc1c(CN2O[C@@H](CO)[C@@H]([C@H](C)O)[C@H]2C(=O)N[C@H]2C[C@H]3C[C@@H]([C@@H]2C)C3(C)C)cccc1C1C=C(C(=O)N[C@@H](CN(C)C)[C@@H](O)c2ccccc2)C=C(N(C)C)C1. The van der Waals surface area contributed by atoms with Crippen molar-refractivity contribution in [3.05, 3.63) is 88.6 Å². The van der Waals surface area contributed by atoms with Gasteiger partial charge in [0.25, 0.3) is 5.91 Å². The molecule has 5 aliphatic rings. The zero-order valence-electron chi connectivity index (χ0n) is 35.2. The summed E-state index contributed by atoms with van der Waals surface area (Å²) in [5.41, 5.74) is 4.07. The molecule has 312 valence electrons. The number of ether oxygens (including phenoxy) is 1. The van der Waals surface area contributed by atoms with Gasteiger partial charge in [-0.25, -0.2) is 0 Å². The highest BCUT2D eigenvalue weighted by Gasteiger charge is 2.57. The van der Waals surface area contributed by atoms with E-state index in [2.05, 4.69) is 31.4 Å². The van der Waals surface area contributed by atoms with Crippen LogP contribution in [0.1, 0.15) is 75.7 Å². The van der Waals surface area contributed by atoms with Gasteiger partial charge >= 0.3 is 0 Å². The van der Waals surface area contributed by atoms with Crippen LogP contribution >= 0.6 is 0 Å². The average molecular weight is 788 g/mol. The molecule has 2 aromatic rings. The molecule has 1 saturated heterocycles. The van der Waals surface area contributed by atoms with E-state index in [4.69, 9.17) is 9.57 Å². The Morgan fingerprint density at radius 3 is 2.37 bits per heavy atom. The third-order valence-corrected chi connectivity index (χ3v) is 13.5. The van der Waals surface area contributed by atoms with Crippen molar-refractivity contribution in [2.75, 3.05) is 48.5 Å². The number of carbonyl (C=O) groups is 2. The number of hydrogen-bond donors (Lipinski definition) is 5. The van der Waals surface area contributed by atoms with Gasteiger partial charge in [-0.2, -0.15) is 5.06 Å². The summed E-state index contributed by atoms with van der Waals surface area (Å²) < 4.78 is 6.13. The molecule has 3 saturated carbocycles. The van der Waals surface area contributed by atoms with Crippen molar-refractivity contribution in [2.24, 2.45) is 29.1 Å². The molecule has 5 N–H and O–H groups in total. The van der Waals surface area contributed by atoms with Crippen LogP contribution in [-0.2, 0) is 21.0 Å². The number of carbonyl (C=O) groups excluding carboxylic acids is 2. The number of likely N-dealkylation sites (N-methyl/N-ethyl adjacent to an activating group) is 1. The summed E-state index contributed by atoms with van der Waals surface area (Å²) in [4.78, 5) is 38.6. The van der Waals surface area contributed by atoms with Crippen LogP contribution in [0.5, 0.6) is 5.75 Å². The molecule has 0 spiro atoms. The topological polar surface area (TPSA) is 147 Å². The van der Waals surface area contributed by atoms with E-state index in [0.29, 0.717) is 42.0 Å². The first-order valence-corrected chi connectivity index (χ1v) is 20.5. The van der Waals surface area contributed by atoms with Crippen molar-refractivity contribution in [3.63, 3.8) is 0 Å². The van der Waals surface area contributed by atoms with Crippen LogP contribution in [0.15, 0.2) is 72.0 Å². The molecule has 4 aliphatic carbocycles. The second kappa shape index (κ2) is 17.6. The van der Waals surface area contributed by atoms with Gasteiger partial charge in [0.15, 0.2) is 0 Å². The van der Waals surface area contributed by atoms with Crippen LogP contribution in [0, 0.1) is 29.1 Å². The van der Waals surface area contributed by atoms with E-state index >= 15 is 0 Å². The zero-order chi connectivity index (χ0) is 41.3. The first kappa shape index (κ1) is 42.8. The molecule has 2 amide bonds. The third kappa shape index (κ3) is 8.82. The molecule has 1 heterocycles. The van der Waals surface area contributed by atoms with Gasteiger partial charge in [0.05, 0.1) is 32.4 Å². The summed E-state index contributed by atoms with van der Waals surface area (Å²) in [7, 11) is 9.34. The summed E-state index contributed by atoms with van der Waals surface area (Å²) >= 11 is 0. The van der Waals surface area contributed by atoms with Gasteiger partial charge in [-0.3, -0.25) is 14.4 Å². The number of hydrogen-bond acceptors (Lipinski definition) is 10. The number of rotatable bonds is 15. The lowest BCUT2D eigenvalue weighted by atomic mass is 9.45. The molecule has 1 unspecified atom stereocenters. The molecule has 2 aromatic carbocycles. The summed E-state index contributed by atoms with van der Waals surface area (Å²) in [6.07, 6.45) is 3.99. The monoisotopic (exact) mass is 787 g/mol. The van der Waals surface area contributed by atoms with Crippen LogP contribution in [0.4, 0.5) is 0 Å². The number of benzene rings is 2. The van der Waals surface area contributed by atoms with Crippen molar-refractivity contribution in [1.82, 2.24) is 25.5 Å². The number of methoxy groups -OCH3 is 1. The smallest absolute Gasteiger partial charge is 0.251 e. The van der Waals surface area contributed by atoms with E-state index in [-0.39, 0.29) is 42.3 Å². The van der Waals surface area contributed by atoms with Gasteiger partial charge in [-0.05, 0) is 75.1 Å². The average Bonchev–Trinajstić information content (AvgIpc) is 3.56. The fourth-order valence-corrected chi connectivity index (χ4v) is 10.1. The Morgan fingerprint density at radius 1 is 1.05 bits per heavy atom. The highest BCUT2D eigenvalue weighted by molar-refractivity contribution is 5.97. The number of fused-ring (bicyclic) bond motifs is 2. The summed E-state index contributed by atoms with van der Waals surface area (Å²) in [6.45, 7) is 8.79. The van der Waals surface area contributed by atoms with Crippen LogP contribution in [-0.4, -0.2) is 121 Å². The first-order chi connectivity index (χ1) is 27.0. The lowest BCUT2D eigenvalue weighted by Crippen LogP contribution is -2.62. The zero-order valence-corrected chi connectivity index (χ0v) is 35.2. The predicted octanol–water partition coefficient (Wildman–Crippen LogP) is 4.00. The highest BCUT2D eigenvalue weighted by atomic mass is 16.7. The number of hydroxylamine groups is 2. The van der Waals surface area contributed by atoms with Crippen LogP contribution in [0.2, 0.25) is 0 Å². The second-order valence-electron chi connectivity index (χ2n) is 17.9. The Hall–Kier alpha value is -3.78. The maximum absolute atomic E-state index is 14.3. The maximum Gasteiger partial charge on any atom is 0.251 e.